The quantitative estimate of drug-likeness (QED) is 0.530. The zero-order valence-electron chi connectivity index (χ0n) is 16.9. The number of aryl methyl sites for hydroxylation is 1. The van der Waals surface area contributed by atoms with Crippen LogP contribution in [0.5, 0.6) is 0 Å². The number of benzene rings is 1. The van der Waals surface area contributed by atoms with Gasteiger partial charge in [-0.15, -0.1) is 0 Å². The highest BCUT2D eigenvalue weighted by atomic mass is 32.2. The van der Waals surface area contributed by atoms with Crippen molar-refractivity contribution < 1.29 is 30.7 Å². The highest BCUT2D eigenvalue weighted by Gasteiger charge is 2.22. The Morgan fingerprint density at radius 1 is 1.00 bits per heavy atom. The number of unbranched alkanes of at least 4 members (excludes halogenated alkanes) is 1. The largest absolute Gasteiger partial charge is 0.378 e. The molecule has 0 radical (unpaired) electrons. The van der Waals surface area contributed by atoms with E-state index in [0.29, 0.717) is 50.6 Å². The van der Waals surface area contributed by atoms with Gasteiger partial charge in [-0.2, -0.15) is 26.8 Å². The van der Waals surface area contributed by atoms with Crippen LogP contribution in [0.25, 0.3) is 0 Å². The van der Waals surface area contributed by atoms with E-state index in [9.17, 15) is 25.9 Å². The topological polar surface area (TPSA) is 160 Å². The van der Waals surface area contributed by atoms with Crippen LogP contribution in [0.4, 0.5) is 5.95 Å². The summed E-state index contributed by atoms with van der Waals surface area (Å²) in [5.74, 6) is 1.31. The number of nitrogens with zero attached hydrogens (tertiary/aromatic N) is 4. The van der Waals surface area contributed by atoms with Gasteiger partial charge in [-0.25, -0.2) is 4.98 Å². The first-order valence-corrected chi connectivity index (χ1v) is 12.6. The average Bonchev–Trinajstić information content (AvgIpc) is 2.71. The van der Waals surface area contributed by atoms with Gasteiger partial charge in [0.15, 0.2) is 0 Å². The molecule has 13 heteroatoms. The lowest BCUT2D eigenvalue weighted by Crippen LogP contribution is -2.37. The van der Waals surface area contributed by atoms with Crippen molar-refractivity contribution in [3.05, 3.63) is 35.4 Å². The first-order valence-electron chi connectivity index (χ1n) is 9.72. The third-order valence-electron chi connectivity index (χ3n) is 4.73. The maximum absolute atomic E-state index is 11.8. The van der Waals surface area contributed by atoms with Crippen LogP contribution < -0.4 is 4.90 Å². The van der Waals surface area contributed by atoms with Crippen molar-refractivity contribution in [3.8, 4) is 0 Å². The summed E-state index contributed by atoms with van der Waals surface area (Å²) in [7, 11) is -9.41. The van der Waals surface area contributed by atoms with E-state index in [2.05, 4.69) is 15.0 Å². The van der Waals surface area contributed by atoms with Crippen LogP contribution in [0.3, 0.4) is 0 Å². The fourth-order valence-electron chi connectivity index (χ4n) is 3.14. The smallest absolute Gasteiger partial charge is 0.294 e. The lowest BCUT2D eigenvalue weighted by atomic mass is 10.1. The van der Waals surface area contributed by atoms with Crippen molar-refractivity contribution >= 4 is 26.2 Å². The summed E-state index contributed by atoms with van der Waals surface area (Å²) < 4.78 is 70.6. The van der Waals surface area contributed by atoms with Gasteiger partial charge in [0.25, 0.3) is 20.2 Å². The van der Waals surface area contributed by atoms with Gasteiger partial charge in [0.05, 0.1) is 23.0 Å². The van der Waals surface area contributed by atoms with Crippen LogP contribution in [0, 0.1) is 0 Å². The second-order valence-corrected chi connectivity index (χ2v) is 9.88. The molecule has 1 aliphatic heterocycles. The van der Waals surface area contributed by atoms with Gasteiger partial charge in [0, 0.05) is 25.9 Å². The number of rotatable bonds is 8. The van der Waals surface area contributed by atoms with Gasteiger partial charge in [-0.1, -0.05) is 19.4 Å². The molecular formula is C18H24N4O7S2. The fraction of sp³-hybridized carbons (Fsp3) is 0.500. The van der Waals surface area contributed by atoms with Crippen molar-refractivity contribution in [3.63, 3.8) is 0 Å². The molecule has 0 atom stereocenters. The van der Waals surface area contributed by atoms with E-state index in [1.165, 1.54) is 6.07 Å². The molecule has 3 rings (SSSR count). The van der Waals surface area contributed by atoms with Gasteiger partial charge >= 0.3 is 0 Å². The molecule has 2 heterocycles. The Bertz CT molecular complexity index is 1150. The van der Waals surface area contributed by atoms with Gasteiger partial charge in [-0.05, 0) is 24.1 Å². The summed E-state index contributed by atoms with van der Waals surface area (Å²) in [4.78, 5) is 14.1. The van der Waals surface area contributed by atoms with Crippen LogP contribution in [-0.4, -0.2) is 67.2 Å². The van der Waals surface area contributed by atoms with Gasteiger partial charge < -0.3 is 9.64 Å². The normalized spacial score (nSPS) is 15.3. The monoisotopic (exact) mass is 472 g/mol. The molecule has 2 N–H and O–H groups in total. The molecule has 1 aliphatic rings. The molecule has 0 saturated carbocycles. The van der Waals surface area contributed by atoms with Crippen LogP contribution in [0.15, 0.2) is 28.0 Å². The molecule has 0 unspecified atom stereocenters. The Hall–Kier alpha value is -2.19. The highest BCUT2D eigenvalue weighted by molar-refractivity contribution is 7.86. The predicted molar refractivity (Wildman–Crippen MR) is 110 cm³/mol. The van der Waals surface area contributed by atoms with Crippen molar-refractivity contribution in [1.82, 2.24) is 15.0 Å². The number of aromatic nitrogens is 3. The number of hydrogen-bond donors (Lipinski definition) is 2. The maximum Gasteiger partial charge on any atom is 0.294 e. The number of anilines is 1. The lowest BCUT2D eigenvalue weighted by molar-refractivity contribution is 0.122. The van der Waals surface area contributed by atoms with E-state index in [1.807, 2.05) is 11.8 Å². The van der Waals surface area contributed by atoms with E-state index >= 15 is 0 Å². The van der Waals surface area contributed by atoms with Gasteiger partial charge in [0.2, 0.25) is 5.95 Å². The Balaban J connectivity index is 2.02. The summed E-state index contributed by atoms with van der Waals surface area (Å²) in [5, 5.41) is 0. The highest BCUT2D eigenvalue weighted by Crippen LogP contribution is 2.23. The van der Waals surface area contributed by atoms with E-state index in [1.54, 1.807) is 0 Å². The Morgan fingerprint density at radius 2 is 1.68 bits per heavy atom. The molecule has 0 amide bonds. The summed E-state index contributed by atoms with van der Waals surface area (Å²) in [6.45, 7) is 4.33. The van der Waals surface area contributed by atoms with Gasteiger partial charge in [0.1, 0.15) is 11.6 Å². The third-order valence-corrected chi connectivity index (χ3v) is 6.51. The molecule has 2 aromatic rings. The molecule has 1 fully saturated rings. The lowest BCUT2D eigenvalue weighted by Gasteiger charge is -2.27. The third kappa shape index (κ3) is 6.17. The summed E-state index contributed by atoms with van der Waals surface area (Å²) in [6, 6.07) is 2.97. The van der Waals surface area contributed by atoms with E-state index < -0.39 is 30.0 Å². The average molecular weight is 473 g/mol. The molecular weight excluding hydrogens is 448 g/mol. The van der Waals surface area contributed by atoms with Crippen molar-refractivity contribution in [2.75, 3.05) is 31.2 Å². The van der Waals surface area contributed by atoms with Crippen LogP contribution in [0.1, 0.15) is 37.0 Å². The van der Waals surface area contributed by atoms with E-state index in [4.69, 9.17) is 4.74 Å². The first-order chi connectivity index (χ1) is 14.6. The predicted octanol–water partition coefficient (Wildman–Crippen LogP) is 1.14. The summed E-state index contributed by atoms with van der Waals surface area (Å²) >= 11 is 0. The van der Waals surface area contributed by atoms with Crippen molar-refractivity contribution in [1.29, 1.82) is 0 Å². The molecule has 1 saturated heterocycles. The number of morpholine rings is 1. The van der Waals surface area contributed by atoms with Gasteiger partial charge in [-0.3, -0.25) is 9.11 Å². The summed E-state index contributed by atoms with van der Waals surface area (Å²) in [6.07, 6.45) is 2.35. The van der Waals surface area contributed by atoms with E-state index in [0.717, 1.165) is 18.9 Å². The molecule has 1 aromatic heterocycles. The minimum absolute atomic E-state index is 0.0835. The van der Waals surface area contributed by atoms with Crippen molar-refractivity contribution in [2.24, 2.45) is 0 Å². The Labute approximate surface area is 181 Å². The molecule has 11 nitrogen and oxygen atoms in total. The fourth-order valence-corrected chi connectivity index (χ4v) is 4.47. The Morgan fingerprint density at radius 3 is 2.29 bits per heavy atom. The van der Waals surface area contributed by atoms with Crippen LogP contribution >= 0.6 is 0 Å². The standard InChI is InChI=1S/C18H24N4O7S2/c1-2-3-4-16-19-17(21-18(20-16)22-7-9-29-10-8-22)11-13-5-6-14(30(23,24)25)12-15(13)31(26,27)28/h5-6,12H,2-4,7-11H2,1H3,(H,23,24,25)(H,26,27,28). The molecule has 170 valence electrons. The zero-order valence-corrected chi connectivity index (χ0v) is 18.6. The molecule has 31 heavy (non-hydrogen) atoms. The van der Waals surface area contributed by atoms with E-state index in [-0.39, 0.29) is 17.8 Å². The molecule has 0 spiro atoms. The minimum Gasteiger partial charge on any atom is -0.378 e. The number of hydrogen-bond acceptors (Lipinski definition) is 9. The molecule has 0 bridgehead atoms. The van der Waals surface area contributed by atoms with Crippen LogP contribution in [0.2, 0.25) is 0 Å². The summed E-state index contributed by atoms with van der Waals surface area (Å²) in [5.41, 5.74) is 0.0930. The second kappa shape index (κ2) is 9.53. The molecule has 0 aliphatic carbocycles. The maximum atomic E-state index is 11.8. The Kier molecular flexibility index (Phi) is 7.21. The second-order valence-electron chi connectivity index (χ2n) is 7.07. The minimum atomic E-state index is -4.76. The zero-order chi connectivity index (χ0) is 22.6. The number of ether oxygens (including phenoxy) is 1. The first kappa shape index (κ1) is 23.5. The van der Waals surface area contributed by atoms with Crippen molar-refractivity contribution in [2.45, 2.75) is 42.4 Å². The SMILES string of the molecule is CCCCc1nc(Cc2ccc(S(=O)(=O)O)cc2S(=O)(=O)O)nc(N2CCOCC2)n1. The van der Waals surface area contributed by atoms with Crippen LogP contribution in [-0.2, 0) is 37.8 Å². The molecule has 1 aromatic carbocycles.